The van der Waals surface area contributed by atoms with Crippen molar-refractivity contribution in [3.05, 3.63) is 40.0 Å². The summed E-state index contributed by atoms with van der Waals surface area (Å²) >= 11 is 0.792. The number of hydrogen-bond acceptors (Lipinski definition) is 9. The topological polar surface area (TPSA) is 121 Å². The molecule has 43 heavy (non-hydrogen) atoms. The van der Waals surface area contributed by atoms with Gasteiger partial charge in [0.1, 0.15) is 28.6 Å². The summed E-state index contributed by atoms with van der Waals surface area (Å²) in [4.78, 5) is 35.8. The molecule has 1 atom stereocenters. The summed E-state index contributed by atoms with van der Waals surface area (Å²) in [6.07, 6.45) is 3.73. The van der Waals surface area contributed by atoms with Crippen LogP contribution in [0.2, 0.25) is 0 Å². The number of halogens is 2. The monoisotopic (exact) mass is 614 g/mol. The Morgan fingerprint density at radius 2 is 1.98 bits per heavy atom. The smallest absolute Gasteiger partial charge is 0.272 e. The lowest BCUT2D eigenvalue weighted by molar-refractivity contribution is -0.127. The molecule has 6 rings (SSSR count). The number of nitrogens with zero attached hydrogens (tertiary/aromatic N) is 6. The second-order valence-corrected chi connectivity index (χ2v) is 12.6. The van der Waals surface area contributed by atoms with Gasteiger partial charge < -0.3 is 30.5 Å². The Bertz CT molecular complexity index is 1550. The molecule has 3 aromatic rings. The Morgan fingerprint density at radius 1 is 1.19 bits per heavy atom. The van der Waals surface area contributed by atoms with Gasteiger partial charge in [-0.05, 0) is 44.4 Å². The van der Waals surface area contributed by atoms with E-state index in [-0.39, 0.29) is 33.6 Å². The van der Waals surface area contributed by atoms with Gasteiger partial charge in [0, 0.05) is 58.3 Å². The third kappa shape index (κ3) is 6.03. The number of ether oxygens (including phenoxy) is 1. The standard InChI is InChI=1S/C29H36F2N8O3S/c1-17(40)37-11-5-18(14-37)21-12-22(25-28(32)33-16-34-39(21)25)38-8-3-4-19(15-38)35-29(41)26-23(13-24(43-26)27(30)31)42-20-6-9-36(2)10-7-20/h5,12-13,16,19-20,27H,3-4,6-11,14-15H2,1-2H3,(H,35,41)(H2,32,33,34). The van der Waals surface area contributed by atoms with Gasteiger partial charge in [-0.3, -0.25) is 9.59 Å². The SMILES string of the molecule is CC(=O)N1CC=C(c2cc(N3CCCC(NC(=O)c4sc(C(F)F)cc4OC4CCN(C)CC4)C3)c3c(N)ncnn23)C1. The van der Waals surface area contributed by atoms with Crippen LogP contribution in [0.1, 0.15) is 59.3 Å². The van der Waals surface area contributed by atoms with Crippen LogP contribution in [0.4, 0.5) is 20.3 Å². The number of carbonyl (C=O) groups excluding carboxylic acids is 2. The van der Waals surface area contributed by atoms with Gasteiger partial charge in [0.25, 0.3) is 12.3 Å². The molecule has 3 aliphatic rings. The van der Waals surface area contributed by atoms with Crippen LogP contribution in [-0.4, -0.2) is 94.7 Å². The number of hydrogen-bond donors (Lipinski definition) is 2. The molecule has 1 unspecified atom stereocenters. The quantitative estimate of drug-likeness (QED) is 0.416. The minimum Gasteiger partial charge on any atom is -0.489 e. The molecule has 230 valence electrons. The number of fused-ring (bicyclic) bond motifs is 1. The molecule has 0 spiro atoms. The fraction of sp³-hybridized carbons (Fsp3) is 0.517. The van der Waals surface area contributed by atoms with Crippen LogP contribution < -0.4 is 20.7 Å². The maximum Gasteiger partial charge on any atom is 0.272 e. The first-order valence-corrected chi connectivity index (χ1v) is 15.4. The fourth-order valence-corrected chi connectivity index (χ4v) is 6.94. The zero-order valence-electron chi connectivity index (χ0n) is 24.3. The Balaban J connectivity index is 1.21. The van der Waals surface area contributed by atoms with Gasteiger partial charge in [0.2, 0.25) is 5.91 Å². The molecule has 0 aromatic carbocycles. The molecule has 2 saturated heterocycles. The van der Waals surface area contributed by atoms with E-state index in [4.69, 9.17) is 10.5 Å². The van der Waals surface area contributed by atoms with Crippen LogP contribution in [0.5, 0.6) is 5.75 Å². The number of rotatable bonds is 7. The van der Waals surface area contributed by atoms with E-state index in [0.717, 1.165) is 73.6 Å². The summed E-state index contributed by atoms with van der Waals surface area (Å²) in [6, 6.07) is 3.11. The third-order valence-corrected chi connectivity index (χ3v) is 9.57. The van der Waals surface area contributed by atoms with Crippen LogP contribution >= 0.6 is 11.3 Å². The molecule has 3 aromatic heterocycles. The molecule has 0 bridgehead atoms. The van der Waals surface area contributed by atoms with Gasteiger partial charge in [0.15, 0.2) is 5.82 Å². The zero-order chi connectivity index (χ0) is 30.2. The summed E-state index contributed by atoms with van der Waals surface area (Å²) in [7, 11) is 2.04. The second kappa shape index (κ2) is 12.1. The second-order valence-electron chi connectivity index (χ2n) is 11.5. The highest BCUT2D eigenvalue weighted by molar-refractivity contribution is 7.14. The first-order valence-electron chi connectivity index (χ1n) is 14.6. The van der Waals surface area contributed by atoms with Crippen molar-refractivity contribution in [2.45, 2.75) is 51.2 Å². The van der Waals surface area contributed by atoms with Crippen molar-refractivity contribution in [3.8, 4) is 5.75 Å². The Labute approximate surface area is 252 Å². The number of anilines is 2. The van der Waals surface area contributed by atoms with Crippen molar-refractivity contribution >= 4 is 45.7 Å². The number of nitrogen functional groups attached to an aromatic ring is 1. The van der Waals surface area contributed by atoms with Crippen LogP contribution in [0.3, 0.4) is 0 Å². The van der Waals surface area contributed by atoms with Crippen molar-refractivity contribution in [2.24, 2.45) is 0 Å². The molecular weight excluding hydrogens is 578 g/mol. The first-order chi connectivity index (χ1) is 20.7. The molecule has 2 fully saturated rings. The Morgan fingerprint density at radius 3 is 2.70 bits per heavy atom. The van der Waals surface area contributed by atoms with E-state index < -0.39 is 12.3 Å². The average molecular weight is 615 g/mol. The van der Waals surface area contributed by atoms with Crippen LogP contribution in [0.15, 0.2) is 24.5 Å². The Kier molecular flexibility index (Phi) is 8.23. The van der Waals surface area contributed by atoms with E-state index in [9.17, 15) is 18.4 Å². The number of thiophene rings is 1. The van der Waals surface area contributed by atoms with E-state index in [0.29, 0.717) is 31.0 Å². The predicted octanol–water partition coefficient (Wildman–Crippen LogP) is 3.43. The predicted molar refractivity (Wildman–Crippen MR) is 161 cm³/mol. The fourth-order valence-electron chi connectivity index (χ4n) is 6.09. The van der Waals surface area contributed by atoms with Crippen LogP contribution in [0.25, 0.3) is 11.1 Å². The summed E-state index contributed by atoms with van der Waals surface area (Å²) in [5, 5.41) is 7.55. The molecule has 2 amide bonds. The minimum absolute atomic E-state index is 0.00222. The molecule has 3 aliphatic heterocycles. The molecular formula is C29H36F2N8O3S. The van der Waals surface area contributed by atoms with E-state index >= 15 is 0 Å². The lowest BCUT2D eigenvalue weighted by Crippen LogP contribution is -2.47. The number of nitrogens with one attached hydrogen (secondary N) is 1. The molecule has 11 nitrogen and oxygen atoms in total. The van der Waals surface area contributed by atoms with E-state index in [1.165, 1.54) is 12.4 Å². The van der Waals surface area contributed by atoms with Crippen molar-refractivity contribution < 1.29 is 23.1 Å². The third-order valence-electron chi connectivity index (χ3n) is 8.45. The largest absolute Gasteiger partial charge is 0.489 e. The number of amides is 2. The lowest BCUT2D eigenvalue weighted by atomic mass is 10.0. The van der Waals surface area contributed by atoms with Crippen LogP contribution in [-0.2, 0) is 4.79 Å². The number of aromatic nitrogens is 3. The van der Waals surface area contributed by atoms with E-state index in [1.54, 1.807) is 16.3 Å². The molecule has 0 aliphatic carbocycles. The van der Waals surface area contributed by atoms with Gasteiger partial charge in [-0.2, -0.15) is 5.10 Å². The average Bonchev–Trinajstić information content (AvgIpc) is 3.72. The summed E-state index contributed by atoms with van der Waals surface area (Å²) in [5.74, 6) is 0.162. The first kappa shape index (κ1) is 29.3. The highest BCUT2D eigenvalue weighted by Crippen LogP contribution is 2.38. The van der Waals surface area contributed by atoms with Gasteiger partial charge in [-0.1, -0.05) is 6.08 Å². The minimum atomic E-state index is -2.68. The number of carbonyl (C=O) groups is 2. The van der Waals surface area contributed by atoms with Gasteiger partial charge in [-0.15, -0.1) is 11.3 Å². The van der Waals surface area contributed by atoms with Crippen molar-refractivity contribution in [3.63, 3.8) is 0 Å². The number of piperidine rings is 2. The maximum absolute atomic E-state index is 13.7. The Hall–Kier alpha value is -3.78. The number of likely N-dealkylation sites (tertiary alicyclic amines) is 1. The highest BCUT2D eigenvalue weighted by Gasteiger charge is 2.31. The van der Waals surface area contributed by atoms with Crippen molar-refractivity contribution in [1.82, 2.24) is 29.7 Å². The molecule has 6 heterocycles. The zero-order valence-corrected chi connectivity index (χ0v) is 25.1. The summed E-state index contributed by atoms with van der Waals surface area (Å²) in [5.41, 5.74) is 9.66. The number of alkyl halides is 2. The molecule has 14 heteroatoms. The van der Waals surface area contributed by atoms with Gasteiger partial charge >= 0.3 is 0 Å². The molecule has 3 N–H and O–H groups in total. The normalized spacial score (nSPS) is 20.2. The van der Waals surface area contributed by atoms with Gasteiger partial charge in [0.05, 0.1) is 16.3 Å². The molecule has 0 radical (unpaired) electrons. The lowest BCUT2D eigenvalue weighted by Gasteiger charge is -2.34. The van der Waals surface area contributed by atoms with Gasteiger partial charge in [-0.25, -0.2) is 18.3 Å². The maximum atomic E-state index is 13.7. The highest BCUT2D eigenvalue weighted by atomic mass is 32.1. The van der Waals surface area contributed by atoms with Crippen molar-refractivity contribution in [1.29, 1.82) is 0 Å². The number of nitrogens with two attached hydrogens (primary N) is 1. The van der Waals surface area contributed by atoms with E-state index in [2.05, 4.69) is 25.2 Å². The van der Waals surface area contributed by atoms with Crippen LogP contribution in [0, 0.1) is 0 Å². The van der Waals surface area contributed by atoms with Crippen molar-refractivity contribution in [2.75, 3.05) is 56.9 Å². The van der Waals surface area contributed by atoms with E-state index in [1.807, 2.05) is 19.2 Å². The molecule has 0 saturated carbocycles. The summed E-state index contributed by atoms with van der Waals surface area (Å²) < 4.78 is 35.2. The summed E-state index contributed by atoms with van der Waals surface area (Å²) in [6.45, 7) is 5.50.